The minimum absolute atomic E-state index is 0.329. The fourth-order valence-electron chi connectivity index (χ4n) is 2.42. The minimum Gasteiger partial charge on any atom is -0.454 e. The molecule has 0 bridgehead atoms. The number of hydrogen-bond acceptors (Lipinski definition) is 5. The summed E-state index contributed by atoms with van der Waals surface area (Å²) in [6.07, 6.45) is 0. The van der Waals surface area contributed by atoms with Gasteiger partial charge in [0.15, 0.2) is 6.61 Å². The van der Waals surface area contributed by atoms with Gasteiger partial charge in [0.25, 0.3) is 11.8 Å². The van der Waals surface area contributed by atoms with E-state index in [0.29, 0.717) is 17.1 Å². The molecule has 2 aromatic rings. The zero-order valence-electron chi connectivity index (χ0n) is 16.6. The first kappa shape index (κ1) is 22.2. The van der Waals surface area contributed by atoms with E-state index in [-0.39, 0.29) is 19.1 Å². The Labute approximate surface area is 175 Å². The average Bonchev–Trinajstić information content (AvgIpc) is 2.71. The number of benzene rings is 2. The highest BCUT2D eigenvalue weighted by Crippen LogP contribution is 2.13. The number of nitrogens with one attached hydrogen (secondary N) is 1. The highest BCUT2D eigenvalue weighted by atomic mass is 35.5. The fraction of sp³-hybridized carbons (Fsp3) is 0.286. The molecule has 0 unspecified atom stereocenters. The topological polar surface area (TPSA) is 79.0 Å². The quantitative estimate of drug-likeness (QED) is 0.667. The van der Waals surface area contributed by atoms with Gasteiger partial charge < -0.3 is 19.9 Å². The molecule has 0 aliphatic rings. The van der Waals surface area contributed by atoms with E-state index in [1.807, 2.05) is 43.3 Å². The van der Waals surface area contributed by atoms with Gasteiger partial charge >= 0.3 is 5.97 Å². The van der Waals surface area contributed by atoms with Gasteiger partial charge in [-0.05, 0) is 42.0 Å². The zero-order valence-corrected chi connectivity index (χ0v) is 17.4. The molecular formula is C21H24ClN3O4. The summed E-state index contributed by atoms with van der Waals surface area (Å²) < 4.78 is 4.95. The number of esters is 1. The maximum Gasteiger partial charge on any atom is 0.325 e. The van der Waals surface area contributed by atoms with Gasteiger partial charge in [0.1, 0.15) is 6.54 Å². The largest absolute Gasteiger partial charge is 0.454 e. The third-order valence-corrected chi connectivity index (χ3v) is 4.41. The number of nitrogens with zero attached hydrogens (tertiary/aromatic N) is 2. The molecule has 2 rings (SSSR count). The van der Waals surface area contributed by atoms with Crippen molar-refractivity contribution in [1.82, 2.24) is 10.2 Å². The van der Waals surface area contributed by atoms with Crippen molar-refractivity contribution in [3.63, 3.8) is 0 Å². The number of carbonyl (C=O) groups excluding carboxylic acids is 3. The highest BCUT2D eigenvalue weighted by molar-refractivity contribution is 6.30. The van der Waals surface area contributed by atoms with E-state index in [0.717, 1.165) is 11.3 Å². The Kier molecular flexibility index (Phi) is 8.03. The van der Waals surface area contributed by atoms with Crippen LogP contribution in [0.1, 0.15) is 15.9 Å². The Morgan fingerprint density at radius 1 is 0.966 bits per heavy atom. The van der Waals surface area contributed by atoms with Gasteiger partial charge in [-0.3, -0.25) is 14.4 Å². The third-order valence-electron chi connectivity index (χ3n) is 4.15. The number of carbonyl (C=O) groups is 3. The molecule has 154 valence electrons. The Morgan fingerprint density at radius 2 is 1.59 bits per heavy atom. The van der Waals surface area contributed by atoms with Crippen LogP contribution in [0.5, 0.6) is 0 Å². The highest BCUT2D eigenvalue weighted by Gasteiger charge is 2.14. The summed E-state index contributed by atoms with van der Waals surface area (Å²) in [6.45, 7) is -0.316. The van der Waals surface area contributed by atoms with Gasteiger partial charge in [0.2, 0.25) is 0 Å². The number of amides is 2. The van der Waals surface area contributed by atoms with E-state index >= 15 is 0 Å². The molecule has 8 heteroatoms. The first-order chi connectivity index (χ1) is 13.8. The fourth-order valence-corrected chi connectivity index (χ4v) is 2.55. The maximum atomic E-state index is 12.2. The molecule has 0 saturated carbocycles. The van der Waals surface area contributed by atoms with Crippen LogP contribution < -0.4 is 10.2 Å². The van der Waals surface area contributed by atoms with Crippen LogP contribution in [0.15, 0.2) is 48.5 Å². The van der Waals surface area contributed by atoms with Gasteiger partial charge in [-0.2, -0.15) is 0 Å². The van der Waals surface area contributed by atoms with Crippen molar-refractivity contribution in [3.05, 3.63) is 64.7 Å². The number of rotatable bonds is 8. The van der Waals surface area contributed by atoms with Crippen LogP contribution in [-0.2, 0) is 20.9 Å². The van der Waals surface area contributed by atoms with E-state index in [1.165, 1.54) is 4.90 Å². The van der Waals surface area contributed by atoms with Crippen molar-refractivity contribution in [2.24, 2.45) is 0 Å². The molecule has 1 N–H and O–H groups in total. The summed E-state index contributed by atoms with van der Waals surface area (Å²) >= 11 is 5.77. The average molecular weight is 418 g/mol. The summed E-state index contributed by atoms with van der Waals surface area (Å²) in [4.78, 5) is 39.3. The number of hydrogen-bond donors (Lipinski definition) is 1. The van der Waals surface area contributed by atoms with Gasteiger partial charge in [0, 0.05) is 44.0 Å². The smallest absolute Gasteiger partial charge is 0.325 e. The summed E-state index contributed by atoms with van der Waals surface area (Å²) in [6, 6.07) is 14.1. The predicted octanol–water partition coefficient (Wildman–Crippen LogP) is 2.34. The molecule has 0 heterocycles. The van der Waals surface area contributed by atoms with Crippen LogP contribution in [0.4, 0.5) is 5.69 Å². The number of ether oxygens (including phenoxy) is 1. The SMILES string of the molecule is CN(Cc1ccc(N(C)C)cc1)C(=O)COC(=O)CNC(=O)c1ccc(Cl)cc1. The molecule has 0 atom stereocenters. The van der Waals surface area contributed by atoms with E-state index < -0.39 is 11.9 Å². The second-order valence-corrected chi connectivity index (χ2v) is 7.10. The first-order valence-electron chi connectivity index (χ1n) is 8.96. The maximum absolute atomic E-state index is 12.2. The molecule has 0 aliphatic heterocycles. The summed E-state index contributed by atoms with van der Waals surface area (Å²) in [5.41, 5.74) is 2.41. The molecular weight excluding hydrogens is 394 g/mol. The van der Waals surface area contributed by atoms with E-state index in [1.54, 1.807) is 31.3 Å². The monoisotopic (exact) mass is 417 g/mol. The molecule has 0 spiro atoms. The van der Waals surface area contributed by atoms with Crippen LogP contribution in [-0.4, -0.2) is 57.0 Å². The van der Waals surface area contributed by atoms with Gasteiger partial charge in [-0.25, -0.2) is 0 Å². The van der Waals surface area contributed by atoms with Crippen LogP contribution in [0.3, 0.4) is 0 Å². The van der Waals surface area contributed by atoms with Crippen molar-refractivity contribution in [1.29, 1.82) is 0 Å². The van der Waals surface area contributed by atoms with Crippen LogP contribution in [0.25, 0.3) is 0 Å². The van der Waals surface area contributed by atoms with Crippen molar-refractivity contribution in [2.75, 3.05) is 39.2 Å². The number of anilines is 1. The van der Waals surface area contributed by atoms with Crippen LogP contribution in [0.2, 0.25) is 5.02 Å². The summed E-state index contributed by atoms with van der Waals surface area (Å²) in [7, 11) is 5.55. The van der Waals surface area contributed by atoms with Crippen LogP contribution >= 0.6 is 11.6 Å². The second kappa shape index (κ2) is 10.5. The van der Waals surface area contributed by atoms with Crippen molar-refractivity contribution in [3.8, 4) is 0 Å². The van der Waals surface area contributed by atoms with Gasteiger partial charge in [-0.15, -0.1) is 0 Å². The second-order valence-electron chi connectivity index (χ2n) is 6.66. The van der Waals surface area contributed by atoms with E-state index in [2.05, 4.69) is 5.32 Å². The molecule has 29 heavy (non-hydrogen) atoms. The lowest BCUT2D eigenvalue weighted by atomic mass is 10.2. The molecule has 0 radical (unpaired) electrons. The van der Waals surface area contributed by atoms with E-state index in [9.17, 15) is 14.4 Å². The molecule has 0 aliphatic carbocycles. The van der Waals surface area contributed by atoms with E-state index in [4.69, 9.17) is 16.3 Å². The Balaban J connectivity index is 1.73. The molecule has 2 aromatic carbocycles. The molecule has 0 fully saturated rings. The third kappa shape index (κ3) is 7.12. The Hall–Kier alpha value is -3.06. The van der Waals surface area contributed by atoms with Crippen molar-refractivity contribution in [2.45, 2.75) is 6.54 Å². The number of likely N-dealkylation sites (N-methyl/N-ethyl adjacent to an activating group) is 1. The molecule has 7 nitrogen and oxygen atoms in total. The molecule has 0 saturated heterocycles. The van der Waals surface area contributed by atoms with Crippen LogP contribution in [0, 0.1) is 0 Å². The predicted molar refractivity (Wildman–Crippen MR) is 112 cm³/mol. The Bertz CT molecular complexity index is 851. The van der Waals surface area contributed by atoms with Gasteiger partial charge in [0.05, 0.1) is 0 Å². The van der Waals surface area contributed by atoms with Crippen molar-refractivity contribution >= 4 is 35.1 Å². The molecule has 0 aromatic heterocycles. The lowest BCUT2D eigenvalue weighted by Gasteiger charge is -2.18. The zero-order chi connectivity index (χ0) is 21.4. The lowest BCUT2D eigenvalue weighted by molar-refractivity contribution is -0.150. The first-order valence-corrected chi connectivity index (χ1v) is 9.33. The summed E-state index contributed by atoms with van der Waals surface area (Å²) in [5.74, 6) is -1.45. The number of halogens is 1. The van der Waals surface area contributed by atoms with Crippen molar-refractivity contribution < 1.29 is 19.1 Å². The Morgan fingerprint density at radius 3 is 2.17 bits per heavy atom. The molecule has 2 amide bonds. The minimum atomic E-state index is -0.690. The summed E-state index contributed by atoms with van der Waals surface area (Å²) in [5, 5.41) is 2.95. The van der Waals surface area contributed by atoms with Gasteiger partial charge in [-0.1, -0.05) is 23.7 Å². The normalized spacial score (nSPS) is 10.2. The standard InChI is InChI=1S/C21H24ClN3O4/c1-24(2)18-10-4-15(5-11-18)13-25(3)19(26)14-29-20(27)12-23-21(28)16-6-8-17(22)9-7-16/h4-11H,12-14H2,1-3H3,(H,23,28). The lowest BCUT2D eigenvalue weighted by Crippen LogP contribution is -2.34.